The summed E-state index contributed by atoms with van der Waals surface area (Å²) in [5.41, 5.74) is -1.56. The maximum atomic E-state index is 14.0. The molecule has 0 fully saturated rings. The number of aromatic nitrogens is 4. The van der Waals surface area contributed by atoms with E-state index in [-0.39, 0.29) is 41.6 Å². The van der Waals surface area contributed by atoms with Crippen LogP contribution in [0.1, 0.15) is 23.5 Å². The Labute approximate surface area is 154 Å². The van der Waals surface area contributed by atoms with Crippen LogP contribution in [0.5, 0.6) is 0 Å². The zero-order valence-corrected chi connectivity index (χ0v) is 14.2. The van der Waals surface area contributed by atoms with E-state index in [9.17, 15) is 22.4 Å². The lowest BCUT2D eigenvalue weighted by molar-refractivity contribution is -0.141. The molecule has 0 amide bonds. The second-order valence-corrected chi connectivity index (χ2v) is 5.96. The van der Waals surface area contributed by atoms with Crippen molar-refractivity contribution in [2.24, 2.45) is 0 Å². The van der Waals surface area contributed by atoms with E-state index >= 15 is 0 Å². The molecule has 27 heavy (non-hydrogen) atoms. The van der Waals surface area contributed by atoms with Gasteiger partial charge in [0.15, 0.2) is 5.69 Å². The monoisotopic (exact) mass is 399 g/mol. The molecule has 0 aliphatic rings. The van der Waals surface area contributed by atoms with Gasteiger partial charge < -0.3 is 0 Å². The fourth-order valence-electron chi connectivity index (χ4n) is 2.57. The molecular weight excluding hydrogens is 390 g/mol. The Morgan fingerprint density at radius 1 is 1.26 bits per heavy atom. The van der Waals surface area contributed by atoms with Crippen molar-refractivity contribution in [3.63, 3.8) is 0 Å². The van der Waals surface area contributed by atoms with Crippen molar-refractivity contribution in [1.82, 2.24) is 19.2 Å². The van der Waals surface area contributed by atoms with Gasteiger partial charge in [-0.2, -0.15) is 23.5 Å². The molecule has 3 aromatic rings. The van der Waals surface area contributed by atoms with Gasteiger partial charge in [0.1, 0.15) is 16.6 Å². The minimum Gasteiger partial charge on any atom is -0.269 e. The average Bonchev–Trinajstić information content (AvgIpc) is 2.95. The predicted octanol–water partition coefficient (Wildman–Crippen LogP) is 3.21. The summed E-state index contributed by atoms with van der Waals surface area (Å²) in [6.07, 6.45) is -4.63. The molecule has 0 radical (unpaired) electrons. The third-order valence-electron chi connectivity index (χ3n) is 3.73. The topological polar surface area (TPSA) is 76.0 Å². The van der Waals surface area contributed by atoms with Crippen LogP contribution in [0.2, 0.25) is 5.15 Å². The van der Waals surface area contributed by atoms with E-state index in [1.54, 1.807) is 0 Å². The first kappa shape index (κ1) is 18.8. The molecule has 0 aliphatic carbocycles. The van der Waals surface area contributed by atoms with Gasteiger partial charge in [0, 0.05) is 25.0 Å². The molecule has 0 atom stereocenters. The van der Waals surface area contributed by atoms with Crippen LogP contribution < -0.4 is 5.56 Å². The lowest BCUT2D eigenvalue weighted by atomic mass is 10.2. The van der Waals surface area contributed by atoms with Gasteiger partial charge in [-0.3, -0.25) is 9.20 Å². The molecule has 0 aromatic carbocycles. The molecule has 3 aromatic heterocycles. The first-order valence-corrected chi connectivity index (χ1v) is 7.96. The summed E-state index contributed by atoms with van der Waals surface area (Å²) in [4.78, 5) is 16.6. The number of fused-ring (bicyclic) bond motifs is 1. The molecule has 0 saturated carbocycles. The smallest absolute Gasteiger partial charge is 0.269 e. The Morgan fingerprint density at radius 3 is 2.63 bits per heavy atom. The highest BCUT2D eigenvalue weighted by atomic mass is 35.5. The summed E-state index contributed by atoms with van der Waals surface area (Å²) < 4.78 is 54.0. The van der Waals surface area contributed by atoms with Crippen molar-refractivity contribution in [2.75, 3.05) is 0 Å². The molecular formula is C16H10ClF4N5O. The van der Waals surface area contributed by atoms with Gasteiger partial charge in [0.05, 0.1) is 24.0 Å². The number of nitrogens with zero attached hydrogens (tertiary/aromatic N) is 5. The maximum Gasteiger partial charge on any atom is 0.435 e. The number of halogens is 5. The molecule has 0 N–H and O–H groups in total. The largest absolute Gasteiger partial charge is 0.435 e. The van der Waals surface area contributed by atoms with E-state index in [1.165, 1.54) is 6.07 Å². The number of rotatable bonds is 4. The Kier molecular flexibility index (Phi) is 4.89. The highest BCUT2D eigenvalue weighted by Gasteiger charge is 2.34. The molecule has 3 heterocycles. The standard InChI is InChI=1S/C16H10ClF4N5O/c17-13-7-12(16(19,20)21)24-25(13)8-9-6-15(27)26-11(2-1-5-22)10(18)3-4-14(26)23-9/h3-4,6-7H,1-2,8H2. The molecule has 0 saturated heterocycles. The van der Waals surface area contributed by atoms with Crippen LogP contribution in [0.15, 0.2) is 29.1 Å². The van der Waals surface area contributed by atoms with Crippen LogP contribution >= 0.6 is 11.6 Å². The number of alkyl halides is 3. The summed E-state index contributed by atoms with van der Waals surface area (Å²) in [6.45, 7) is -0.272. The molecule has 0 aliphatic heterocycles. The van der Waals surface area contributed by atoms with Gasteiger partial charge in [-0.15, -0.1) is 0 Å². The van der Waals surface area contributed by atoms with Crippen molar-refractivity contribution >= 4 is 17.2 Å². The van der Waals surface area contributed by atoms with Gasteiger partial charge >= 0.3 is 6.18 Å². The Hall–Kier alpha value is -2.93. The van der Waals surface area contributed by atoms with Gasteiger partial charge in [-0.05, 0) is 12.1 Å². The van der Waals surface area contributed by atoms with Crippen molar-refractivity contribution in [1.29, 1.82) is 5.26 Å². The second kappa shape index (κ2) is 7.00. The first-order chi connectivity index (χ1) is 12.7. The van der Waals surface area contributed by atoms with Gasteiger partial charge in [0.25, 0.3) is 5.56 Å². The highest BCUT2D eigenvalue weighted by Crippen LogP contribution is 2.30. The SMILES string of the molecule is N#CCCc1c(F)ccc2nc(Cn3nc(C(F)(F)F)cc3Cl)cc(=O)n12. The molecule has 0 unspecified atom stereocenters. The number of pyridine rings is 1. The van der Waals surface area contributed by atoms with Crippen molar-refractivity contribution in [2.45, 2.75) is 25.6 Å². The Morgan fingerprint density at radius 2 is 2.00 bits per heavy atom. The van der Waals surface area contributed by atoms with Crippen LogP contribution in [0, 0.1) is 17.1 Å². The van der Waals surface area contributed by atoms with Crippen LogP contribution in [0.4, 0.5) is 17.6 Å². The summed E-state index contributed by atoms with van der Waals surface area (Å²) in [5.74, 6) is -0.653. The zero-order valence-electron chi connectivity index (χ0n) is 13.5. The van der Waals surface area contributed by atoms with Crippen LogP contribution in [-0.4, -0.2) is 19.2 Å². The minimum absolute atomic E-state index is 0.00728. The van der Waals surface area contributed by atoms with Crippen molar-refractivity contribution < 1.29 is 17.6 Å². The summed E-state index contributed by atoms with van der Waals surface area (Å²) in [5, 5.41) is 11.8. The summed E-state index contributed by atoms with van der Waals surface area (Å²) >= 11 is 5.77. The third-order valence-corrected chi connectivity index (χ3v) is 4.03. The first-order valence-electron chi connectivity index (χ1n) is 7.58. The van der Waals surface area contributed by atoms with E-state index in [0.717, 1.165) is 21.2 Å². The fourth-order valence-corrected chi connectivity index (χ4v) is 2.77. The van der Waals surface area contributed by atoms with Crippen molar-refractivity contribution in [3.8, 4) is 6.07 Å². The number of aryl methyl sites for hydroxylation is 1. The Bertz CT molecular complexity index is 1110. The molecule has 6 nitrogen and oxygen atoms in total. The Balaban J connectivity index is 2.03. The quantitative estimate of drug-likeness (QED) is 0.631. The van der Waals surface area contributed by atoms with Gasteiger partial charge in [-0.25, -0.2) is 14.1 Å². The molecule has 11 heteroatoms. The zero-order chi connectivity index (χ0) is 19.8. The fraction of sp³-hybridized carbons (Fsp3) is 0.250. The third kappa shape index (κ3) is 3.78. The highest BCUT2D eigenvalue weighted by molar-refractivity contribution is 6.29. The second-order valence-electron chi connectivity index (χ2n) is 5.57. The van der Waals surface area contributed by atoms with E-state index < -0.39 is 23.2 Å². The minimum atomic E-state index is -4.65. The van der Waals surface area contributed by atoms with Crippen LogP contribution in [0.25, 0.3) is 5.65 Å². The van der Waals surface area contributed by atoms with E-state index in [0.29, 0.717) is 6.07 Å². The molecule has 0 bridgehead atoms. The van der Waals surface area contributed by atoms with Crippen LogP contribution in [-0.2, 0) is 19.1 Å². The summed E-state index contributed by atoms with van der Waals surface area (Å²) in [6, 6.07) is 5.98. The van der Waals surface area contributed by atoms with E-state index in [2.05, 4.69) is 10.1 Å². The lowest BCUT2D eigenvalue weighted by Gasteiger charge is -2.10. The molecule has 0 spiro atoms. The van der Waals surface area contributed by atoms with Crippen molar-refractivity contribution in [3.05, 3.63) is 62.7 Å². The molecule has 140 valence electrons. The van der Waals surface area contributed by atoms with Gasteiger partial charge in [0.2, 0.25) is 0 Å². The number of hydrogen-bond donors (Lipinski definition) is 0. The van der Waals surface area contributed by atoms with Crippen LogP contribution in [0.3, 0.4) is 0 Å². The van der Waals surface area contributed by atoms with E-state index in [1.807, 2.05) is 6.07 Å². The summed E-state index contributed by atoms with van der Waals surface area (Å²) in [7, 11) is 0. The maximum absolute atomic E-state index is 14.0. The normalized spacial score (nSPS) is 11.7. The lowest BCUT2D eigenvalue weighted by Crippen LogP contribution is -2.21. The number of nitriles is 1. The number of hydrogen-bond acceptors (Lipinski definition) is 4. The van der Waals surface area contributed by atoms with E-state index in [4.69, 9.17) is 16.9 Å². The predicted molar refractivity (Wildman–Crippen MR) is 86.7 cm³/mol. The van der Waals surface area contributed by atoms with Gasteiger partial charge in [-0.1, -0.05) is 11.6 Å². The average molecular weight is 400 g/mol. The molecule has 3 rings (SSSR count).